The highest BCUT2D eigenvalue weighted by Gasteiger charge is 2.24. The van der Waals surface area contributed by atoms with E-state index in [4.69, 9.17) is 27.9 Å². The molecule has 0 aliphatic rings. The minimum Gasteiger partial charge on any atom is -0.494 e. The van der Waals surface area contributed by atoms with Gasteiger partial charge in [-0.05, 0) is 49.2 Å². The Bertz CT molecular complexity index is 1490. The number of amides is 3. The molecule has 0 fully saturated rings. The van der Waals surface area contributed by atoms with Gasteiger partial charge in [-0.3, -0.25) is 19.8 Å². The van der Waals surface area contributed by atoms with Gasteiger partial charge in [0.25, 0.3) is 5.91 Å². The Morgan fingerprint density at radius 1 is 0.861 bits per heavy atom. The molecule has 0 unspecified atom stereocenters. The number of aryl methyl sites for hydroxylation is 2. The maximum atomic E-state index is 13.4. The molecular weight excluding hydrogens is 503 g/mol. The van der Waals surface area contributed by atoms with E-state index in [-0.39, 0.29) is 21.4 Å². The summed E-state index contributed by atoms with van der Waals surface area (Å²) in [5.41, 5.74) is 5.61. The van der Waals surface area contributed by atoms with Crippen LogP contribution in [0.15, 0.2) is 60.7 Å². The molecule has 0 spiro atoms. The lowest BCUT2D eigenvalue weighted by atomic mass is 10.1. The maximum absolute atomic E-state index is 13.4. The number of hydrogen-bond acceptors (Lipinski definition) is 4. The molecule has 1 heterocycles. The first-order valence-corrected chi connectivity index (χ1v) is 11.6. The van der Waals surface area contributed by atoms with Gasteiger partial charge in [0.2, 0.25) is 0 Å². The number of nitrogens with one attached hydrogen (secondary N) is 3. The summed E-state index contributed by atoms with van der Waals surface area (Å²) in [7, 11) is 1.47. The van der Waals surface area contributed by atoms with Gasteiger partial charge in [-0.2, -0.15) is 0 Å². The zero-order valence-corrected chi connectivity index (χ0v) is 21.1. The summed E-state index contributed by atoms with van der Waals surface area (Å²) in [5, 5.41) is 6.28. The number of benzene rings is 3. The van der Waals surface area contributed by atoms with Crippen LogP contribution in [0.5, 0.6) is 5.75 Å². The average molecular weight is 525 g/mol. The van der Waals surface area contributed by atoms with Gasteiger partial charge in [0.05, 0.1) is 22.8 Å². The van der Waals surface area contributed by atoms with E-state index in [2.05, 4.69) is 16.1 Å². The summed E-state index contributed by atoms with van der Waals surface area (Å²) >= 11 is 12.1. The normalized spacial score (nSPS) is 10.7. The Balaban J connectivity index is 1.70. The minimum absolute atomic E-state index is 0.0964. The number of para-hydroxylation sites is 2. The van der Waals surface area contributed by atoms with Crippen LogP contribution in [-0.2, 0) is 9.59 Å². The zero-order valence-electron chi connectivity index (χ0n) is 19.6. The van der Waals surface area contributed by atoms with Crippen LogP contribution >= 0.6 is 23.2 Å². The summed E-state index contributed by atoms with van der Waals surface area (Å²) in [6.45, 7) is 3.77. The quantitative estimate of drug-likeness (QED) is 0.298. The molecular formula is C26H22Cl2N4O4. The molecule has 3 amide bonds. The van der Waals surface area contributed by atoms with Gasteiger partial charge in [-0.25, -0.2) is 4.68 Å². The molecule has 0 aliphatic carbocycles. The molecule has 10 heteroatoms. The fourth-order valence-corrected chi connectivity index (χ4v) is 4.14. The summed E-state index contributed by atoms with van der Waals surface area (Å²) in [5.74, 6) is -2.12. The number of rotatable bonds is 5. The zero-order chi connectivity index (χ0) is 26.0. The third-order valence-electron chi connectivity index (χ3n) is 5.58. The highest BCUT2D eigenvalue weighted by molar-refractivity contribution is 6.46. The van der Waals surface area contributed by atoms with Gasteiger partial charge in [-0.15, -0.1) is 0 Å². The van der Waals surface area contributed by atoms with E-state index in [1.54, 1.807) is 36.4 Å². The number of hydrogen-bond donors (Lipinski definition) is 3. The van der Waals surface area contributed by atoms with Crippen molar-refractivity contribution in [1.29, 1.82) is 0 Å². The van der Waals surface area contributed by atoms with Crippen molar-refractivity contribution in [3.05, 3.63) is 87.5 Å². The summed E-state index contributed by atoms with van der Waals surface area (Å²) in [6.07, 6.45) is 0. The molecule has 4 rings (SSSR count). The molecule has 3 N–H and O–H groups in total. The van der Waals surface area contributed by atoms with Crippen molar-refractivity contribution < 1.29 is 19.1 Å². The second kappa shape index (κ2) is 10.3. The lowest BCUT2D eigenvalue weighted by molar-refractivity contribution is -0.133. The van der Waals surface area contributed by atoms with Crippen molar-refractivity contribution in [2.75, 3.05) is 23.2 Å². The fraction of sp³-hybridized carbons (Fsp3) is 0.115. The van der Waals surface area contributed by atoms with Crippen LogP contribution in [0.25, 0.3) is 10.9 Å². The maximum Gasteiger partial charge on any atom is 0.328 e. The molecule has 0 atom stereocenters. The number of nitrogens with zero attached hydrogens (tertiary/aromatic N) is 1. The van der Waals surface area contributed by atoms with Crippen LogP contribution in [0, 0.1) is 13.8 Å². The third kappa shape index (κ3) is 4.86. The second-order valence-corrected chi connectivity index (χ2v) is 8.77. The highest BCUT2D eigenvalue weighted by Crippen LogP contribution is 2.31. The lowest BCUT2D eigenvalue weighted by Crippen LogP contribution is -2.36. The summed E-state index contributed by atoms with van der Waals surface area (Å²) in [6, 6.07) is 17.1. The molecule has 0 radical (unpaired) electrons. The number of halogens is 2. The van der Waals surface area contributed by atoms with E-state index < -0.39 is 17.7 Å². The Labute approximate surface area is 217 Å². The standard InChI is InChI=1S/C26H22Cl2N4O4/c1-14-7-4-8-15(2)22(14)30-24(33)19-13-16-9-5-12-20(36-3)23(16)32(19)31-26(35)25(34)29-18-11-6-10-17(27)21(18)28/h4-13H,1-3H3,(H,29,34)(H,30,33)(H,31,35). The van der Waals surface area contributed by atoms with Crippen molar-refractivity contribution in [2.45, 2.75) is 13.8 Å². The number of carbonyl (C=O) groups is 3. The average Bonchev–Trinajstić information content (AvgIpc) is 3.22. The van der Waals surface area contributed by atoms with Crippen molar-refractivity contribution >= 4 is 63.2 Å². The van der Waals surface area contributed by atoms with Crippen LogP contribution in [0.4, 0.5) is 11.4 Å². The van der Waals surface area contributed by atoms with E-state index in [1.165, 1.54) is 17.9 Å². The minimum atomic E-state index is -1.03. The van der Waals surface area contributed by atoms with Crippen molar-refractivity contribution in [2.24, 2.45) is 0 Å². The first-order valence-electron chi connectivity index (χ1n) is 10.8. The summed E-state index contributed by atoms with van der Waals surface area (Å²) in [4.78, 5) is 39.0. The summed E-state index contributed by atoms with van der Waals surface area (Å²) < 4.78 is 6.68. The van der Waals surface area contributed by atoms with E-state index in [9.17, 15) is 14.4 Å². The van der Waals surface area contributed by atoms with Crippen LogP contribution in [0.2, 0.25) is 10.0 Å². The van der Waals surface area contributed by atoms with Crippen LogP contribution in [-0.4, -0.2) is 29.5 Å². The molecule has 0 bridgehead atoms. The first-order chi connectivity index (χ1) is 17.2. The molecule has 0 saturated heterocycles. The molecule has 36 heavy (non-hydrogen) atoms. The van der Waals surface area contributed by atoms with Gasteiger partial charge >= 0.3 is 11.8 Å². The van der Waals surface area contributed by atoms with Gasteiger partial charge in [0.15, 0.2) is 0 Å². The number of anilines is 2. The Morgan fingerprint density at radius 2 is 1.53 bits per heavy atom. The van der Waals surface area contributed by atoms with Crippen LogP contribution in [0.1, 0.15) is 21.6 Å². The van der Waals surface area contributed by atoms with E-state index in [0.717, 1.165) is 11.1 Å². The van der Waals surface area contributed by atoms with Crippen molar-refractivity contribution in [3.63, 3.8) is 0 Å². The SMILES string of the molecule is COc1cccc2cc(C(=O)Nc3c(C)cccc3C)n(NC(=O)C(=O)Nc3cccc(Cl)c3Cl)c12. The Morgan fingerprint density at radius 3 is 2.22 bits per heavy atom. The number of ether oxygens (including phenoxy) is 1. The first kappa shape index (κ1) is 25.1. The van der Waals surface area contributed by atoms with Crippen molar-refractivity contribution in [3.8, 4) is 5.75 Å². The third-order valence-corrected chi connectivity index (χ3v) is 6.40. The van der Waals surface area contributed by atoms with E-state index in [1.807, 2.05) is 32.0 Å². The highest BCUT2D eigenvalue weighted by atomic mass is 35.5. The van der Waals surface area contributed by atoms with Gasteiger partial charge in [0, 0.05) is 11.1 Å². The lowest BCUT2D eigenvalue weighted by Gasteiger charge is -2.15. The predicted molar refractivity (Wildman–Crippen MR) is 142 cm³/mol. The molecule has 3 aromatic carbocycles. The Hall–Kier alpha value is -4.01. The van der Waals surface area contributed by atoms with Crippen LogP contribution < -0.4 is 20.8 Å². The molecule has 0 saturated carbocycles. The van der Waals surface area contributed by atoms with Crippen molar-refractivity contribution in [1.82, 2.24) is 4.68 Å². The van der Waals surface area contributed by atoms with E-state index in [0.29, 0.717) is 22.3 Å². The number of carbonyl (C=O) groups excluding carboxylic acids is 3. The van der Waals surface area contributed by atoms with Gasteiger partial charge in [-0.1, -0.05) is 59.6 Å². The number of aromatic nitrogens is 1. The second-order valence-electron chi connectivity index (χ2n) is 7.98. The Kier molecular flexibility index (Phi) is 7.19. The van der Waals surface area contributed by atoms with E-state index >= 15 is 0 Å². The fourth-order valence-electron chi connectivity index (χ4n) is 3.80. The molecule has 8 nitrogen and oxygen atoms in total. The molecule has 1 aromatic heterocycles. The topological polar surface area (TPSA) is 101 Å². The smallest absolute Gasteiger partial charge is 0.328 e. The monoisotopic (exact) mass is 524 g/mol. The van der Waals surface area contributed by atoms with Crippen LogP contribution in [0.3, 0.4) is 0 Å². The molecule has 0 aliphatic heterocycles. The number of fused-ring (bicyclic) bond motifs is 1. The van der Waals surface area contributed by atoms with Gasteiger partial charge in [0.1, 0.15) is 17.0 Å². The molecule has 184 valence electrons. The van der Waals surface area contributed by atoms with Gasteiger partial charge < -0.3 is 15.4 Å². The molecule has 4 aromatic rings. The predicted octanol–water partition coefficient (Wildman–Crippen LogP) is 5.53. The number of methoxy groups -OCH3 is 1. The largest absolute Gasteiger partial charge is 0.494 e.